The van der Waals surface area contributed by atoms with Crippen LogP contribution in [0.5, 0.6) is 5.75 Å². The highest BCUT2D eigenvalue weighted by Gasteiger charge is 2.22. The molecule has 1 aromatic carbocycles. The number of nitrogens with one attached hydrogen (secondary N) is 1. The number of aryl methyl sites for hydroxylation is 1. The summed E-state index contributed by atoms with van der Waals surface area (Å²) in [6, 6.07) is 11.1. The molecule has 0 bridgehead atoms. The van der Waals surface area contributed by atoms with Gasteiger partial charge in [0, 0.05) is 50.4 Å². The third-order valence-corrected chi connectivity index (χ3v) is 5.57. The molecule has 2 amide bonds. The Morgan fingerprint density at radius 3 is 2.75 bits per heavy atom. The highest BCUT2D eigenvalue weighted by molar-refractivity contribution is 5.93. The van der Waals surface area contributed by atoms with E-state index in [1.807, 2.05) is 33.7 Å². The molecule has 3 aromatic rings. The summed E-state index contributed by atoms with van der Waals surface area (Å²) in [5.74, 6) is 2.26. The van der Waals surface area contributed by atoms with Crippen molar-refractivity contribution in [1.29, 1.82) is 0 Å². The number of rotatable bonds is 7. The number of nitrogens with zero attached hydrogens (tertiary/aromatic N) is 5. The topological polar surface area (TPSA) is 102 Å². The van der Waals surface area contributed by atoms with Gasteiger partial charge in [-0.05, 0) is 36.2 Å². The number of benzene rings is 1. The van der Waals surface area contributed by atoms with E-state index in [2.05, 4.69) is 20.5 Å². The van der Waals surface area contributed by atoms with Crippen molar-refractivity contribution in [3.63, 3.8) is 0 Å². The smallest absolute Gasteiger partial charge is 0.251 e. The van der Waals surface area contributed by atoms with Gasteiger partial charge in [0.15, 0.2) is 5.82 Å². The molecule has 0 atom stereocenters. The fraction of sp³-hybridized carbons (Fsp3) is 0.348. The Kier molecular flexibility index (Phi) is 6.74. The third kappa shape index (κ3) is 5.11. The van der Waals surface area contributed by atoms with Gasteiger partial charge >= 0.3 is 0 Å². The molecule has 0 saturated carbocycles. The van der Waals surface area contributed by atoms with Crippen molar-refractivity contribution in [1.82, 2.24) is 30.0 Å². The molecule has 0 spiro atoms. The van der Waals surface area contributed by atoms with Crippen molar-refractivity contribution in [3.05, 3.63) is 71.6 Å². The molecular weight excluding hydrogens is 408 g/mol. The van der Waals surface area contributed by atoms with Crippen molar-refractivity contribution in [2.24, 2.45) is 0 Å². The Morgan fingerprint density at radius 1 is 1.09 bits per heavy atom. The molecule has 3 heterocycles. The lowest BCUT2D eigenvalue weighted by atomic mass is 10.1. The maximum atomic E-state index is 12.8. The molecule has 1 aliphatic heterocycles. The Balaban J connectivity index is 1.31. The zero-order chi connectivity index (χ0) is 22.3. The highest BCUT2D eigenvalue weighted by atomic mass is 16.5. The lowest BCUT2D eigenvalue weighted by molar-refractivity contribution is -0.131. The summed E-state index contributed by atoms with van der Waals surface area (Å²) in [4.78, 5) is 30.9. The van der Waals surface area contributed by atoms with Crippen LogP contribution < -0.4 is 10.1 Å². The Morgan fingerprint density at radius 2 is 1.94 bits per heavy atom. The van der Waals surface area contributed by atoms with Gasteiger partial charge in [-0.3, -0.25) is 14.6 Å². The predicted molar refractivity (Wildman–Crippen MR) is 117 cm³/mol. The maximum Gasteiger partial charge on any atom is 0.251 e. The third-order valence-electron chi connectivity index (χ3n) is 5.57. The monoisotopic (exact) mass is 434 g/mol. The number of pyridine rings is 1. The molecule has 4 rings (SSSR count). The van der Waals surface area contributed by atoms with Gasteiger partial charge in [-0.2, -0.15) is 0 Å². The Hall–Kier alpha value is -3.75. The fourth-order valence-electron chi connectivity index (χ4n) is 3.77. The Bertz CT molecular complexity index is 1080. The van der Waals surface area contributed by atoms with Gasteiger partial charge in [0.25, 0.3) is 5.91 Å². The van der Waals surface area contributed by atoms with Crippen LogP contribution in [0.25, 0.3) is 0 Å². The second-order valence-electron chi connectivity index (χ2n) is 7.58. The van der Waals surface area contributed by atoms with E-state index in [0.29, 0.717) is 50.3 Å². The molecular formula is C23H26N6O3. The van der Waals surface area contributed by atoms with E-state index in [-0.39, 0.29) is 18.4 Å². The van der Waals surface area contributed by atoms with Crippen LogP contribution in [0, 0.1) is 0 Å². The van der Waals surface area contributed by atoms with Crippen LogP contribution in [0.2, 0.25) is 0 Å². The molecule has 9 heteroatoms. The van der Waals surface area contributed by atoms with Crippen molar-refractivity contribution in [2.75, 3.05) is 20.2 Å². The standard InChI is InChI=1S/C23H26N6O3/c1-32-19-4-2-3-17(15-19)5-6-22(30)28-12-9-20-26-27-21(29(20)14-13-28)16-25-23(31)18-7-10-24-11-8-18/h2-4,7-8,10-11,15H,5-6,9,12-14,16H2,1H3,(H,25,31). The molecule has 0 saturated heterocycles. The fourth-order valence-corrected chi connectivity index (χ4v) is 3.77. The summed E-state index contributed by atoms with van der Waals surface area (Å²) < 4.78 is 7.25. The summed E-state index contributed by atoms with van der Waals surface area (Å²) in [6.45, 7) is 2.08. The highest BCUT2D eigenvalue weighted by Crippen LogP contribution is 2.16. The van der Waals surface area contributed by atoms with Crippen molar-refractivity contribution in [3.8, 4) is 5.75 Å². The number of carbonyl (C=O) groups excluding carboxylic acids is 2. The molecule has 1 N–H and O–H groups in total. The number of hydrogen-bond acceptors (Lipinski definition) is 6. The van der Waals surface area contributed by atoms with Crippen molar-refractivity contribution < 1.29 is 14.3 Å². The number of methoxy groups -OCH3 is 1. The van der Waals surface area contributed by atoms with Crippen LogP contribution >= 0.6 is 0 Å². The van der Waals surface area contributed by atoms with Gasteiger partial charge in [-0.25, -0.2) is 0 Å². The first kappa shape index (κ1) is 21.5. The second kappa shape index (κ2) is 10.0. The van der Waals surface area contributed by atoms with E-state index in [9.17, 15) is 9.59 Å². The van der Waals surface area contributed by atoms with Gasteiger partial charge in [0.2, 0.25) is 5.91 Å². The van der Waals surface area contributed by atoms with Crippen LogP contribution in [-0.2, 0) is 30.7 Å². The van der Waals surface area contributed by atoms with E-state index < -0.39 is 0 Å². The van der Waals surface area contributed by atoms with Crippen molar-refractivity contribution >= 4 is 11.8 Å². The molecule has 0 unspecified atom stereocenters. The predicted octanol–water partition coefficient (Wildman–Crippen LogP) is 1.63. The summed E-state index contributed by atoms with van der Waals surface area (Å²) in [5, 5.41) is 11.4. The van der Waals surface area contributed by atoms with Crippen molar-refractivity contribution in [2.45, 2.75) is 32.4 Å². The lowest BCUT2D eigenvalue weighted by Gasteiger charge is -2.20. The van der Waals surface area contributed by atoms with Crippen LogP contribution in [0.3, 0.4) is 0 Å². The van der Waals surface area contributed by atoms with Gasteiger partial charge < -0.3 is 19.5 Å². The average Bonchev–Trinajstić information content (AvgIpc) is 3.10. The molecule has 2 aromatic heterocycles. The van der Waals surface area contributed by atoms with E-state index >= 15 is 0 Å². The van der Waals surface area contributed by atoms with Gasteiger partial charge in [-0.1, -0.05) is 12.1 Å². The van der Waals surface area contributed by atoms with Crippen LogP contribution in [0.15, 0.2) is 48.8 Å². The van der Waals surface area contributed by atoms with Crippen LogP contribution in [0.4, 0.5) is 0 Å². The Labute approximate surface area is 186 Å². The number of hydrogen-bond donors (Lipinski definition) is 1. The lowest BCUT2D eigenvalue weighted by Crippen LogP contribution is -2.34. The van der Waals surface area contributed by atoms with E-state index in [4.69, 9.17) is 4.74 Å². The number of ether oxygens (including phenoxy) is 1. The normalized spacial score (nSPS) is 13.2. The largest absolute Gasteiger partial charge is 0.497 e. The summed E-state index contributed by atoms with van der Waals surface area (Å²) in [6.07, 6.45) is 4.92. The zero-order valence-electron chi connectivity index (χ0n) is 18.0. The van der Waals surface area contributed by atoms with Gasteiger partial charge in [0.1, 0.15) is 11.6 Å². The number of amides is 2. The number of aromatic nitrogens is 4. The van der Waals surface area contributed by atoms with Gasteiger partial charge in [-0.15, -0.1) is 10.2 Å². The zero-order valence-corrected chi connectivity index (χ0v) is 18.0. The van der Waals surface area contributed by atoms with E-state index in [1.165, 1.54) is 0 Å². The van der Waals surface area contributed by atoms with Crippen LogP contribution in [0.1, 0.15) is 34.0 Å². The molecule has 0 fully saturated rings. The SMILES string of the molecule is COc1cccc(CCC(=O)N2CCc3nnc(CNC(=O)c4ccncc4)n3CC2)c1. The molecule has 9 nitrogen and oxygen atoms in total. The minimum Gasteiger partial charge on any atom is -0.497 e. The molecule has 166 valence electrons. The average molecular weight is 435 g/mol. The van der Waals surface area contributed by atoms with E-state index in [0.717, 1.165) is 17.1 Å². The number of carbonyl (C=O) groups is 2. The number of fused-ring (bicyclic) bond motifs is 1. The molecule has 1 aliphatic rings. The first-order valence-electron chi connectivity index (χ1n) is 10.6. The minimum absolute atomic E-state index is 0.124. The molecule has 0 aliphatic carbocycles. The minimum atomic E-state index is -0.187. The second-order valence-corrected chi connectivity index (χ2v) is 7.58. The first-order chi connectivity index (χ1) is 15.6. The van der Waals surface area contributed by atoms with Gasteiger partial charge in [0.05, 0.1) is 13.7 Å². The summed E-state index contributed by atoms with van der Waals surface area (Å²) in [5.41, 5.74) is 1.63. The van der Waals surface area contributed by atoms with Crippen LogP contribution in [-0.4, -0.2) is 56.7 Å². The van der Waals surface area contributed by atoms with E-state index in [1.54, 1.807) is 31.6 Å². The molecule has 0 radical (unpaired) electrons. The summed E-state index contributed by atoms with van der Waals surface area (Å²) in [7, 11) is 1.64. The summed E-state index contributed by atoms with van der Waals surface area (Å²) >= 11 is 0. The molecule has 32 heavy (non-hydrogen) atoms. The maximum absolute atomic E-state index is 12.8. The quantitative estimate of drug-likeness (QED) is 0.606. The first-order valence-corrected chi connectivity index (χ1v) is 10.6.